The molecule has 2 rings (SSSR count). The predicted octanol–water partition coefficient (Wildman–Crippen LogP) is 2.22. The summed E-state index contributed by atoms with van der Waals surface area (Å²) in [6.45, 7) is -0.156. The third-order valence-corrected chi connectivity index (χ3v) is 2.50. The summed E-state index contributed by atoms with van der Waals surface area (Å²) in [7, 11) is 0. The number of halogens is 2. The first kappa shape index (κ1) is 12.9. The van der Waals surface area contributed by atoms with Gasteiger partial charge in [0.15, 0.2) is 6.29 Å². The van der Waals surface area contributed by atoms with Crippen molar-refractivity contribution >= 4 is 17.9 Å². The molecule has 19 heavy (non-hydrogen) atoms. The molecule has 0 aliphatic carbocycles. The fraction of sp³-hybridized carbons (Fsp3) is 0.0769. The maximum absolute atomic E-state index is 13.3. The van der Waals surface area contributed by atoms with Gasteiger partial charge in [0, 0.05) is 12.3 Å². The summed E-state index contributed by atoms with van der Waals surface area (Å²) in [5.41, 5.74) is 0.0969. The number of nitrogens with one attached hydrogen (secondary N) is 1. The van der Waals surface area contributed by atoms with Crippen LogP contribution in [0.2, 0.25) is 0 Å². The van der Waals surface area contributed by atoms with Crippen molar-refractivity contribution in [1.82, 2.24) is 4.57 Å². The smallest absolute Gasteiger partial charge is 0.244 e. The lowest BCUT2D eigenvalue weighted by atomic mass is 10.3. The molecule has 1 aromatic heterocycles. The van der Waals surface area contributed by atoms with Gasteiger partial charge in [-0.3, -0.25) is 9.59 Å². The van der Waals surface area contributed by atoms with E-state index in [0.717, 1.165) is 18.2 Å². The Morgan fingerprint density at radius 3 is 2.84 bits per heavy atom. The number of rotatable bonds is 4. The molecule has 0 saturated carbocycles. The van der Waals surface area contributed by atoms with Gasteiger partial charge in [-0.05, 0) is 24.3 Å². The van der Waals surface area contributed by atoms with Crippen molar-refractivity contribution in [2.24, 2.45) is 0 Å². The fourth-order valence-corrected chi connectivity index (χ4v) is 1.62. The van der Waals surface area contributed by atoms with Crippen molar-refractivity contribution in [3.63, 3.8) is 0 Å². The Bertz CT molecular complexity index is 623. The lowest BCUT2D eigenvalue weighted by Gasteiger charge is -2.08. The summed E-state index contributed by atoms with van der Waals surface area (Å²) in [5.74, 6) is -1.92. The second-order valence-electron chi connectivity index (χ2n) is 3.85. The van der Waals surface area contributed by atoms with Crippen LogP contribution in [0.1, 0.15) is 10.5 Å². The highest BCUT2D eigenvalue weighted by Gasteiger charge is 2.10. The normalized spacial score (nSPS) is 10.2. The minimum absolute atomic E-state index is 0.156. The Morgan fingerprint density at radius 2 is 2.11 bits per heavy atom. The van der Waals surface area contributed by atoms with E-state index >= 15 is 0 Å². The van der Waals surface area contributed by atoms with Crippen LogP contribution in [-0.4, -0.2) is 16.8 Å². The topological polar surface area (TPSA) is 51.1 Å². The SMILES string of the molecule is O=Cc1cccn1CC(=O)Nc1cc(F)ccc1F. The van der Waals surface area contributed by atoms with E-state index < -0.39 is 17.5 Å². The zero-order chi connectivity index (χ0) is 13.8. The van der Waals surface area contributed by atoms with Crippen LogP contribution in [0.4, 0.5) is 14.5 Å². The second-order valence-corrected chi connectivity index (χ2v) is 3.85. The van der Waals surface area contributed by atoms with Crippen LogP contribution in [0.5, 0.6) is 0 Å². The van der Waals surface area contributed by atoms with Gasteiger partial charge in [0.2, 0.25) is 5.91 Å². The molecule has 1 heterocycles. The maximum atomic E-state index is 13.3. The summed E-state index contributed by atoms with van der Waals surface area (Å²) in [4.78, 5) is 22.3. The number of nitrogens with zero attached hydrogens (tertiary/aromatic N) is 1. The first-order valence-corrected chi connectivity index (χ1v) is 5.45. The van der Waals surface area contributed by atoms with Crippen LogP contribution in [-0.2, 0) is 11.3 Å². The van der Waals surface area contributed by atoms with Gasteiger partial charge in [-0.25, -0.2) is 8.78 Å². The molecule has 1 N–H and O–H groups in total. The Kier molecular flexibility index (Phi) is 3.70. The molecule has 6 heteroatoms. The molecule has 0 fully saturated rings. The van der Waals surface area contributed by atoms with E-state index in [1.807, 2.05) is 0 Å². The zero-order valence-electron chi connectivity index (χ0n) is 9.77. The van der Waals surface area contributed by atoms with Crippen LogP contribution < -0.4 is 5.32 Å². The van der Waals surface area contributed by atoms with E-state index in [-0.39, 0.29) is 12.2 Å². The number of hydrogen-bond donors (Lipinski definition) is 1. The molecule has 0 saturated heterocycles. The van der Waals surface area contributed by atoms with Crippen molar-refractivity contribution in [3.8, 4) is 0 Å². The molecule has 0 unspecified atom stereocenters. The molecule has 98 valence electrons. The van der Waals surface area contributed by atoms with Crippen LogP contribution in [0, 0.1) is 11.6 Å². The molecule has 1 amide bonds. The first-order chi connectivity index (χ1) is 9.10. The van der Waals surface area contributed by atoms with E-state index in [4.69, 9.17) is 0 Å². The molecular weight excluding hydrogens is 254 g/mol. The molecule has 4 nitrogen and oxygen atoms in total. The number of anilines is 1. The number of amides is 1. The summed E-state index contributed by atoms with van der Waals surface area (Å²) in [6, 6.07) is 5.94. The molecule has 0 aliphatic heterocycles. The average Bonchev–Trinajstić information content (AvgIpc) is 2.81. The number of hydrogen-bond acceptors (Lipinski definition) is 2. The number of aromatic nitrogens is 1. The number of carbonyl (C=O) groups is 2. The van der Waals surface area contributed by atoms with Crippen molar-refractivity contribution in [2.75, 3.05) is 5.32 Å². The second kappa shape index (κ2) is 5.43. The van der Waals surface area contributed by atoms with Gasteiger partial charge in [-0.1, -0.05) is 0 Å². The van der Waals surface area contributed by atoms with E-state index in [2.05, 4.69) is 5.32 Å². The standard InChI is InChI=1S/C13H10F2N2O2/c14-9-3-4-11(15)12(6-9)16-13(19)7-17-5-1-2-10(17)8-18/h1-6,8H,7H2,(H,16,19). The highest BCUT2D eigenvalue weighted by Crippen LogP contribution is 2.15. The highest BCUT2D eigenvalue weighted by molar-refractivity contribution is 5.91. The summed E-state index contributed by atoms with van der Waals surface area (Å²) < 4.78 is 27.6. The van der Waals surface area contributed by atoms with Gasteiger partial charge in [-0.2, -0.15) is 0 Å². The minimum atomic E-state index is -0.724. The highest BCUT2D eigenvalue weighted by atomic mass is 19.1. The number of aldehydes is 1. The summed E-state index contributed by atoms with van der Waals surface area (Å²) in [5, 5.41) is 2.25. The van der Waals surface area contributed by atoms with E-state index in [9.17, 15) is 18.4 Å². The van der Waals surface area contributed by atoms with Crippen LogP contribution >= 0.6 is 0 Å². The molecule has 0 bridgehead atoms. The lowest BCUT2D eigenvalue weighted by Crippen LogP contribution is -2.20. The molecule has 2 aromatic rings. The largest absolute Gasteiger partial charge is 0.336 e. The van der Waals surface area contributed by atoms with E-state index in [1.54, 1.807) is 18.3 Å². The van der Waals surface area contributed by atoms with Gasteiger partial charge < -0.3 is 9.88 Å². The van der Waals surface area contributed by atoms with Crippen molar-refractivity contribution in [2.45, 2.75) is 6.54 Å². The third kappa shape index (κ3) is 3.04. The van der Waals surface area contributed by atoms with E-state index in [1.165, 1.54) is 4.57 Å². The van der Waals surface area contributed by atoms with Gasteiger partial charge >= 0.3 is 0 Å². The predicted molar refractivity (Wildman–Crippen MR) is 64.8 cm³/mol. The quantitative estimate of drug-likeness (QED) is 0.861. The Morgan fingerprint density at radius 1 is 1.32 bits per heavy atom. The van der Waals surface area contributed by atoms with E-state index in [0.29, 0.717) is 12.0 Å². The summed E-state index contributed by atoms with van der Waals surface area (Å²) >= 11 is 0. The van der Waals surface area contributed by atoms with Gasteiger partial charge in [-0.15, -0.1) is 0 Å². The Labute approximate surface area is 107 Å². The Balaban J connectivity index is 2.09. The van der Waals surface area contributed by atoms with Crippen molar-refractivity contribution in [1.29, 1.82) is 0 Å². The van der Waals surface area contributed by atoms with Gasteiger partial charge in [0.1, 0.15) is 18.2 Å². The zero-order valence-corrected chi connectivity index (χ0v) is 9.77. The summed E-state index contributed by atoms with van der Waals surface area (Å²) in [6.07, 6.45) is 2.15. The monoisotopic (exact) mass is 264 g/mol. The van der Waals surface area contributed by atoms with Gasteiger partial charge in [0.25, 0.3) is 0 Å². The molecule has 0 spiro atoms. The molecule has 0 atom stereocenters. The Hall–Kier alpha value is -2.50. The van der Waals surface area contributed by atoms with Gasteiger partial charge in [0.05, 0.1) is 11.4 Å². The lowest BCUT2D eigenvalue weighted by molar-refractivity contribution is -0.116. The molecule has 0 radical (unpaired) electrons. The average molecular weight is 264 g/mol. The van der Waals surface area contributed by atoms with Crippen molar-refractivity contribution in [3.05, 3.63) is 53.9 Å². The first-order valence-electron chi connectivity index (χ1n) is 5.45. The number of carbonyl (C=O) groups excluding carboxylic acids is 2. The van der Waals surface area contributed by atoms with Crippen molar-refractivity contribution < 1.29 is 18.4 Å². The number of benzene rings is 1. The fourth-order valence-electron chi connectivity index (χ4n) is 1.62. The molecule has 1 aromatic carbocycles. The third-order valence-electron chi connectivity index (χ3n) is 2.50. The van der Waals surface area contributed by atoms with Crippen LogP contribution in [0.15, 0.2) is 36.5 Å². The maximum Gasteiger partial charge on any atom is 0.244 e. The molecule has 0 aliphatic rings. The van der Waals surface area contributed by atoms with Crippen LogP contribution in [0.3, 0.4) is 0 Å². The van der Waals surface area contributed by atoms with Crippen LogP contribution in [0.25, 0.3) is 0 Å². The molecular formula is C13H10F2N2O2. The minimum Gasteiger partial charge on any atom is -0.336 e.